The van der Waals surface area contributed by atoms with Gasteiger partial charge >= 0.3 is 6.61 Å². The van der Waals surface area contributed by atoms with Gasteiger partial charge in [0, 0.05) is 23.1 Å². The van der Waals surface area contributed by atoms with Gasteiger partial charge in [0.1, 0.15) is 10.8 Å². The molecule has 0 spiro atoms. The maximum Gasteiger partial charge on any atom is 0.387 e. The molecule has 1 aromatic heterocycles. The Morgan fingerprint density at radius 2 is 2.04 bits per heavy atom. The van der Waals surface area contributed by atoms with Gasteiger partial charge in [0.15, 0.2) is 17.5 Å². The molecule has 10 heteroatoms. The number of nitrogens with zero attached hydrogens (tertiary/aromatic N) is 2. The average Bonchev–Trinajstić information content (AvgIpc) is 3.22. The summed E-state index contributed by atoms with van der Waals surface area (Å²) in [5.41, 5.74) is 1.49. The number of fused-ring (bicyclic) bond motifs is 1. The summed E-state index contributed by atoms with van der Waals surface area (Å²) in [6.45, 7) is 4.36. The number of ether oxygens (including phenoxy) is 3. The zero-order chi connectivity index (χ0) is 20.1. The van der Waals surface area contributed by atoms with Crippen LogP contribution >= 0.6 is 11.3 Å². The van der Waals surface area contributed by atoms with Crippen LogP contribution in [0.25, 0.3) is 0 Å². The topological polar surface area (TPSA) is 77.0 Å². The minimum atomic E-state index is -2.94. The first-order valence-corrected chi connectivity index (χ1v) is 9.60. The maximum atomic E-state index is 12.8. The Hall–Kier alpha value is -2.62. The molecule has 7 nitrogen and oxygen atoms in total. The fourth-order valence-electron chi connectivity index (χ4n) is 2.57. The van der Waals surface area contributed by atoms with Crippen molar-refractivity contribution in [1.82, 2.24) is 15.6 Å². The molecule has 28 heavy (non-hydrogen) atoms. The Labute approximate surface area is 165 Å². The number of nitrogens with one attached hydrogen (secondary N) is 2. The summed E-state index contributed by atoms with van der Waals surface area (Å²) in [4.78, 5) is 10.1. The van der Waals surface area contributed by atoms with Gasteiger partial charge in [0.25, 0.3) is 0 Å². The second-order valence-corrected chi connectivity index (χ2v) is 7.28. The highest BCUT2D eigenvalue weighted by molar-refractivity contribution is 7.11. The Morgan fingerprint density at radius 3 is 2.68 bits per heavy atom. The van der Waals surface area contributed by atoms with Gasteiger partial charge in [-0.15, -0.1) is 11.3 Å². The van der Waals surface area contributed by atoms with Crippen molar-refractivity contribution in [1.29, 1.82) is 0 Å². The standard InChI is InChI=1S/C18H22F2N4O3S/c1-4-21-18(23-8-16-24-10(2)11(3)28-16)22-7-12-5-14-15(26-9-25-14)6-13(12)27-17(19)20/h5-6,17H,4,7-9H2,1-3H3,(H2,21,22,23). The van der Waals surface area contributed by atoms with Crippen LogP contribution < -0.4 is 24.8 Å². The van der Waals surface area contributed by atoms with E-state index in [0.29, 0.717) is 36.1 Å². The molecule has 0 fully saturated rings. The summed E-state index contributed by atoms with van der Waals surface area (Å²) in [7, 11) is 0. The van der Waals surface area contributed by atoms with E-state index in [9.17, 15) is 8.78 Å². The molecule has 0 amide bonds. The normalized spacial score (nSPS) is 13.1. The number of hydrogen-bond donors (Lipinski definition) is 2. The van der Waals surface area contributed by atoms with Crippen LogP contribution in [0.4, 0.5) is 8.78 Å². The molecule has 2 N–H and O–H groups in total. The molecule has 2 heterocycles. The van der Waals surface area contributed by atoms with Crippen LogP contribution in [0.3, 0.4) is 0 Å². The average molecular weight is 412 g/mol. The van der Waals surface area contributed by atoms with Gasteiger partial charge in [-0.2, -0.15) is 8.78 Å². The minimum Gasteiger partial charge on any atom is -0.454 e. The molecular weight excluding hydrogens is 390 g/mol. The molecule has 0 radical (unpaired) electrons. The Kier molecular flexibility index (Phi) is 6.50. The van der Waals surface area contributed by atoms with Crippen molar-refractivity contribution in [2.24, 2.45) is 4.99 Å². The number of aromatic nitrogens is 1. The molecule has 0 saturated carbocycles. The molecule has 3 rings (SSSR count). The summed E-state index contributed by atoms with van der Waals surface area (Å²) in [6.07, 6.45) is 0. The van der Waals surface area contributed by atoms with Gasteiger partial charge in [-0.25, -0.2) is 9.98 Å². The lowest BCUT2D eigenvalue weighted by atomic mass is 10.1. The van der Waals surface area contributed by atoms with E-state index >= 15 is 0 Å². The van der Waals surface area contributed by atoms with E-state index in [-0.39, 0.29) is 19.1 Å². The number of halogens is 2. The summed E-state index contributed by atoms with van der Waals surface area (Å²) < 4.78 is 40.7. The van der Waals surface area contributed by atoms with Crippen molar-refractivity contribution < 1.29 is 23.0 Å². The van der Waals surface area contributed by atoms with E-state index in [2.05, 4.69) is 25.3 Å². The Bertz CT molecular complexity index is 838. The fourth-order valence-corrected chi connectivity index (χ4v) is 3.45. The van der Waals surface area contributed by atoms with Crippen LogP contribution in [0.1, 0.15) is 28.1 Å². The van der Waals surface area contributed by atoms with Gasteiger partial charge in [-0.1, -0.05) is 0 Å². The predicted molar refractivity (Wildman–Crippen MR) is 102 cm³/mol. The first-order chi connectivity index (χ1) is 13.5. The van der Waals surface area contributed by atoms with Crippen molar-refractivity contribution in [2.75, 3.05) is 13.3 Å². The molecule has 0 aliphatic carbocycles. The molecule has 1 aliphatic heterocycles. The van der Waals surface area contributed by atoms with E-state index in [1.54, 1.807) is 17.4 Å². The molecule has 0 saturated heterocycles. The number of aryl methyl sites for hydroxylation is 2. The second-order valence-electron chi connectivity index (χ2n) is 5.99. The maximum absolute atomic E-state index is 12.8. The van der Waals surface area contributed by atoms with E-state index in [1.165, 1.54) is 10.9 Å². The Balaban J connectivity index is 1.74. The molecule has 1 aliphatic rings. The summed E-state index contributed by atoms with van der Waals surface area (Å²) in [5.74, 6) is 1.43. The predicted octanol–water partition coefficient (Wildman–Crippen LogP) is 3.35. The van der Waals surface area contributed by atoms with Crippen LogP contribution in [0.2, 0.25) is 0 Å². The number of aliphatic imine (C=N–C) groups is 1. The molecule has 152 valence electrons. The van der Waals surface area contributed by atoms with Gasteiger partial charge < -0.3 is 24.8 Å². The first kappa shape index (κ1) is 20.1. The smallest absolute Gasteiger partial charge is 0.387 e. The number of rotatable bonds is 7. The third-order valence-electron chi connectivity index (χ3n) is 4.00. The lowest BCUT2D eigenvalue weighted by Crippen LogP contribution is -2.36. The van der Waals surface area contributed by atoms with Gasteiger partial charge in [-0.3, -0.25) is 0 Å². The largest absolute Gasteiger partial charge is 0.454 e. The van der Waals surface area contributed by atoms with Gasteiger partial charge in [-0.05, 0) is 26.8 Å². The summed E-state index contributed by atoms with van der Waals surface area (Å²) in [5, 5.41) is 7.28. The van der Waals surface area contributed by atoms with Crippen LogP contribution in [-0.2, 0) is 13.1 Å². The zero-order valence-corrected chi connectivity index (χ0v) is 16.7. The minimum absolute atomic E-state index is 0.0185. The van der Waals surface area contributed by atoms with Crippen LogP contribution in [0, 0.1) is 13.8 Å². The van der Waals surface area contributed by atoms with E-state index in [4.69, 9.17) is 9.47 Å². The second kappa shape index (κ2) is 9.05. The number of benzene rings is 1. The van der Waals surface area contributed by atoms with E-state index in [1.807, 2.05) is 20.8 Å². The number of hydrogen-bond acceptors (Lipinski definition) is 6. The lowest BCUT2D eigenvalue weighted by Gasteiger charge is -2.13. The van der Waals surface area contributed by atoms with Crippen molar-refractivity contribution in [3.8, 4) is 17.2 Å². The third kappa shape index (κ3) is 5.00. The summed E-state index contributed by atoms with van der Waals surface area (Å²) >= 11 is 1.62. The van der Waals surface area contributed by atoms with Crippen LogP contribution in [0.5, 0.6) is 17.2 Å². The van der Waals surface area contributed by atoms with Gasteiger partial charge in [0.05, 0.1) is 18.8 Å². The SMILES string of the molecule is CCNC(=NCc1cc2c(cc1OC(F)F)OCO2)NCc1nc(C)c(C)s1. The Morgan fingerprint density at radius 1 is 1.29 bits per heavy atom. The lowest BCUT2D eigenvalue weighted by molar-refractivity contribution is -0.0505. The molecule has 0 unspecified atom stereocenters. The monoisotopic (exact) mass is 412 g/mol. The molecule has 0 atom stereocenters. The van der Waals surface area contributed by atoms with E-state index in [0.717, 1.165) is 10.7 Å². The van der Waals surface area contributed by atoms with Crippen molar-refractivity contribution in [3.05, 3.63) is 33.3 Å². The molecule has 1 aromatic carbocycles. The van der Waals surface area contributed by atoms with Gasteiger partial charge in [0.2, 0.25) is 6.79 Å². The van der Waals surface area contributed by atoms with E-state index < -0.39 is 6.61 Å². The van der Waals surface area contributed by atoms with Crippen molar-refractivity contribution >= 4 is 17.3 Å². The zero-order valence-electron chi connectivity index (χ0n) is 15.8. The molecular formula is C18H22F2N4O3S. The highest BCUT2D eigenvalue weighted by atomic mass is 32.1. The highest BCUT2D eigenvalue weighted by Crippen LogP contribution is 2.39. The van der Waals surface area contributed by atoms with Crippen molar-refractivity contribution in [2.45, 2.75) is 40.5 Å². The fraction of sp³-hybridized carbons (Fsp3) is 0.444. The quantitative estimate of drug-likeness (QED) is 0.537. The highest BCUT2D eigenvalue weighted by Gasteiger charge is 2.20. The number of thiazole rings is 1. The summed E-state index contributed by atoms with van der Waals surface area (Å²) in [6, 6.07) is 3.02. The first-order valence-electron chi connectivity index (χ1n) is 8.78. The molecule has 2 aromatic rings. The third-order valence-corrected chi connectivity index (χ3v) is 5.08. The number of alkyl halides is 2. The van der Waals surface area contributed by atoms with Crippen LogP contribution in [0.15, 0.2) is 17.1 Å². The molecule has 0 bridgehead atoms. The number of guanidine groups is 1. The van der Waals surface area contributed by atoms with Crippen LogP contribution in [-0.4, -0.2) is 30.9 Å². The van der Waals surface area contributed by atoms with Crippen molar-refractivity contribution in [3.63, 3.8) is 0 Å².